The van der Waals surface area contributed by atoms with Crippen molar-refractivity contribution in [3.63, 3.8) is 0 Å². The van der Waals surface area contributed by atoms with Crippen molar-refractivity contribution in [2.75, 3.05) is 0 Å². The van der Waals surface area contributed by atoms with E-state index < -0.39 is 0 Å². The summed E-state index contributed by atoms with van der Waals surface area (Å²) < 4.78 is 5.63. The third kappa shape index (κ3) is 2.23. The molecule has 1 aromatic heterocycles. The molecular weight excluding hydrogens is 214 g/mol. The average molecular weight is 229 g/mol. The zero-order chi connectivity index (χ0) is 12.4. The molecule has 17 heavy (non-hydrogen) atoms. The van der Waals surface area contributed by atoms with Crippen molar-refractivity contribution >= 4 is 5.71 Å². The summed E-state index contributed by atoms with van der Waals surface area (Å²) in [5.41, 5.74) is 3.99. The molecule has 0 aliphatic rings. The summed E-state index contributed by atoms with van der Waals surface area (Å²) in [6.45, 7) is 5.85. The van der Waals surface area contributed by atoms with Crippen LogP contribution in [-0.2, 0) is 0 Å². The van der Waals surface area contributed by atoms with Gasteiger partial charge >= 0.3 is 0 Å². The van der Waals surface area contributed by atoms with Gasteiger partial charge in [0, 0.05) is 5.56 Å². The van der Waals surface area contributed by atoms with Gasteiger partial charge in [0.1, 0.15) is 11.5 Å². The highest BCUT2D eigenvalue weighted by Gasteiger charge is 2.07. The van der Waals surface area contributed by atoms with Crippen LogP contribution in [0, 0.1) is 13.8 Å². The first kappa shape index (κ1) is 11.5. The number of furan rings is 1. The summed E-state index contributed by atoms with van der Waals surface area (Å²) in [6, 6.07) is 9.87. The zero-order valence-electron chi connectivity index (χ0n) is 10.2. The molecular formula is C14H15NO2. The van der Waals surface area contributed by atoms with Crippen LogP contribution in [0.2, 0.25) is 0 Å². The molecule has 0 aliphatic heterocycles. The molecule has 0 bridgehead atoms. The van der Waals surface area contributed by atoms with Crippen molar-refractivity contribution in [2.24, 2.45) is 5.16 Å². The molecule has 0 saturated carbocycles. The maximum atomic E-state index is 8.68. The Hall–Kier alpha value is -2.03. The molecule has 2 aromatic rings. The number of hydrogen-bond donors (Lipinski definition) is 1. The summed E-state index contributed by atoms with van der Waals surface area (Å²) in [6.07, 6.45) is 0. The summed E-state index contributed by atoms with van der Waals surface area (Å²) in [4.78, 5) is 0. The van der Waals surface area contributed by atoms with E-state index in [1.807, 2.05) is 12.1 Å². The van der Waals surface area contributed by atoms with Crippen LogP contribution in [-0.4, -0.2) is 10.9 Å². The van der Waals surface area contributed by atoms with Crippen molar-refractivity contribution in [3.05, 3.63) is 47.2 Å². The largest absolute Gasteiger partial charge is 0.455 e. The van der Waals surface area contributed by atoms with Gasteiger partial charge in [-0.05, 0) is 50.1 Å². The van der Waals surface area contributed by atoms with Crippen LogP contribution in [0.5, 0.6) is 0 Å². The van der Waals surface area contributed by atoms with Gasteiger partial charge in [-0.25, -0.2) is 0 Å². The van der Waals surface area contributed by atoms with E-state index in [2.05, 4.69) is 31.1 Å². The Labute approximate surface area is 100 Å². The molecule has 0 aliphatic carbocycles. The quantitative estimate of drug-likeness (QED) is 0.484. The minimum absolute atomic E-state index is 0.472. The Morgan fingerprint density at radius 1 is 1.12 bits per heavy atom. The van der Waals surface area contributed by atoms with E-state index in [0.29, 0.717) is 11.5 Å². The van der Waals surface area contributed by atoms with Gasteiger partial charge < -0.3 is 9.62 Å². The predicted molar refractivity (Wildman–Crippen MR) is 67.6 cm³/mol. The Balaban J connectivity index is 2.40. The average Bonchev–Trinajstić information content (AvgIpc) is 2.81. The molecule has 88 valence electrons. The van der Waals surface area contributed by atoms with Gasteiger partial charge in [-0.1, -0.05) is 17.3 Å². The van der Waals surface area contributed by atoms with Gasteiger partial charge in [0.2, 0.25) is 0 Å². The second kappa shape index (κ2) is 4.45. The second-order valence-corrected chi connectivity index (χ2v) is 4.15. The fourth-order valence-corrected chi connectivity index (χ4v) is 1.63. The SMILES string of the molecule is C/C(=N\O)c1ccc(-c2ccc(C)c(C)c2)o1. The number of rotatable bonds is 2. The van der Waals surface area contributed by atoms with Crippen LogP contribution < -0.4 is 0 Å². The number of benzene rings is 1. The highest BCUT2D eigenvalue weighted by Crippen LogP contribution is 2.24. The molecule has 0 atom stereocenters. The first-order valence-electron chi connectivity index (χ1n) is 5.48. The van der Waals surface area contributed by atoms with E-state index in [1.54, 1.807) is 13.0 Å². The van der Waals surface area contributed by atoms with E-state index in [4.69, 9.17) is 9.62 Å². The Morgan fingerprint density at radius 2 is 1.88 bits per heavy atom. The lowest BCUT2D eigenvalue weighted by Crippen LogP contribution is -1.90. The smallest absolute Gasteiger partial charge is 0.152 e. The Bertz CT molecular complexity index is 567. The maximum absolute atomic E-state index is 8.68. The molecule has 0 saturated heterocycles. The van der Waals surface area contributed by atoms with Gasteiger partial charge in [-0.3, -0.25) is 0 Å². The van der Waals surface area contributed by atoms with E-state index >= 15 is 0 Å². The highest BCUT2D eigenvalue weighted by atomic mass is 16.4. The van der Waals surface area contributed by atoms with Crippen molar-refractivity contribution < 1.29 is 9.62 Å². The maximum Gasteiger partial charge on any atom is 0.152 e. The summed E-state index contributed by atoms with van der Waals surface area (Å²) in [5.74, 6) is 1.37. The van der Waals surface area contributed by atoms with Crippen molar-refractivity contribution in [1.29, 1.82) is 0 Å². The number of oxime groups is 1. The minimum atomic E-state index is 0.472. The molecule has 0 fully saturated rings. The molecule has 0 spiro atoms. The van der Waals surface area contributed by atoms with E-state index in [-0.39, 0.29) is 0 Å². The standard InChI is InChI=1S/C14H15NO2/c1-9-4-5-12(8-10(9)2)14-7-6-13(17-14)11(3)15-16/h4-8,16H,1-3H3/b15-11+. The third-order valence-corrected chi connectivity index (χ3v) is 2.90. The lowest BCUT2D eigenvalue weighted by Gasteiger charge is -2.02. The van der Waals surface area contributed by atoms with Crippen LogP contribution in [0.15, 0.2) is 39.9 Å². The monoisotopic (exact) mass is 229 g/mol. The van der Waals surface area contributed by atoms with Crippen molar-refractivity contribution in [1.82, 2.24) is 0 Å². The Morgan fingerprint density at radius 3 is 2.53 bits per heavy atom. The second-order valence-electron chi connectivity index (χ2n) is 4.15. The Kier molecular flexibility index (Phi) is 3.00. The van der Waals surface area contributed by atoms with E-state index in [9.17, 15) is 0 Å². The lowest BCUT2D eigenvalue weighted by molar-refractivity contribution is 0.317. The van der Waals surface area contributed by atoms with Gasteiger partial charge in [0.05, 0.1) is 0 Å². The van der Waals surface area contributed by atoms with Crippen LogP contribution in [0.4, 0.5) is 0 Å². The van der Waals surface area contributed by atoms with Crippen molar-refractivity contribution in [2.45, 2.75) is 20.8 Å². The number of nitrogens with zero attached hydrogens (tertiary/aromatic N) is 1. The molecule has 0 radical (unpaired) electrons. The predicted octanol–water partition coefficient (Wildman–Crippen LogP) is 3.76. The first-order valence-corrected chi connectivity index (χ1v) is 5.48. The molecule has 1 aromatic carbocycles. The van der Waals surface area contributed by atoms with E-state index in [1.165, 1.54) is 11.1 Å². The molecule has 1 heterocycles. The number of hydrogen-bond acceptors (Lipinski definition) is 3. The fourth-order valence-electron chi connectivity index (χ4n) is 1.63. The minimum Gasteiger partial charge on any atom is -0.455 e. The normalized spacial score (nSPS) is 11.8. The third-order valence-electron chi connectivity index (χ3n) is 2.90. The zero-order valence-corrected chi connectivity index (χ0v) is 10.2. The van der Waals surface area contributed by atoms with Crippen LogP contribution in [0.3, 0.4) is 0 Å². The van der Waals surface area contributed by atoms with Crippen LogP contribution >= 0.6 is 0 Å². The highest BCUT2D eigenvalue weighted by molar-refractivity contribution is 5.96. The number of aryl methyl sites for hydroxylation is 2. The van der Waals surface area contributed by atoms with Crippen LogP contribution in [0.25, 0.3) is 11.3 Å². The molecule has 3 heteroatoms. The molecule has 2 rings (SSSR count). The molecule has 0 unspecified atom stereocenters. The first-order chi connectivity index (χ1) is 8.11. The van der Waals surface area contributed by atoms with Gasteiger partial charge in [0.25, 0.3) is 0 Å². The fraction of sp³-hybridized carbons (Fsp3) is 0.214. The molecule has 1 N–H and O–H groups in total. The van der Waals surface area contributed by atoms with Crippen molar-refractivity contribution in [3.8, 4) is 11.3 Å². The lowest BCUT2D eigenvalue weighted by atomic mass is 10.1. The van der Waals surface area contributed by atoms with Gasteiger partial charge in [-0.15, -0.1) is 0 Å². The topological polar surface area (TPSA) is 45.7 Å². The molecule has 3 nitrogen and oxygen atoms in total. The van der Waals surface area contributed by atoms with E-state index in [0.717, 1.165) is 11.3 Å². The summed E-state index contributed by atoms with van der Waals surface area (Å²) in [5, 5.41) is 11.8. The summed E-state index contributed by atoms with van der Waals surface area (Å²) >= 11 is 0. The summed E-state index contributed by atoms with van der Waals surface area (Å²) in [7, 11) is 0. The van der Waals surface area contributed by atoms with Crippen LogP contribution in [0.1, 0.15) is 23.8 Å². The van der Waals surface area contributed by atoms with Gasteiger partial charge in [-0.2, -0.15) is 0 Å². The van der Waals surface area contributed by atoms with Gasteiger partial charge in [0.15, 0.2) is 5.76 Å². The molecule has 0 amide bonds.